The van der Waals surface area contributed by atoms with E-state index in [1.807, 2.05) is 12.1 Å². The first-order valence-electron chi connectivity index (χ1n) is 7.62. The standard InChI is InChI=1S/C17H16INO5S/c18-14-4-6-15(7-5-14)24-17(20)13-2-1-3-16(12-13)25(21,22)19-8-10-23-11-9-19/h1-7,12H,8-11H2. The van der Waals surface area contributed by atoms with Crippen LogP contribution in [0.4, 0.5) is 0 Å². The summed E-state index contributed by atoms with van der Waals surface area (Å²) in [7, 11) is -3.65. The number of hydrogen-bond acceptors (Lipinski definition) is 5. The molecule has 2 aromatic carbocycles. The molecule has 0 unspecified atom stereocenters. The van der Waals surface area contributed by atoms with E-state index in [0.717, 1.165) is 3.57 Å². The molecule has 1 aliphatic rings. The van der Waals surface area contributed by atoms with Crippen LogP contribution in [-0.4, -0.2) is 45.0 Å². The molecule has 0 aromatic heterocycles. The molecule has 3 rings (SSSR count). The van der Waals surface area contributed by atoms with Crippen molar-refractivity contribution < 1.29 is 22.7 Å². The Kier molecular flexibility index (Phi) is 5.72. The maximum atomic E-state index is 12.7. The third-order valence-corrected chi connectivity index (χ3v) is 6.32. The number of carbonyl (C=O) groups is 1. The Morgan fingerprint density at radius 2 is 1.76 bits per heavy atom. The molecule has 1 aliphatic heterocycles. The lowest BCUT2D eigenvalue weighted by atomic mass is 10.2. The highest BCUT2D eigenvalue weighted by Gasteiger charge is 2.27. The van der Waals surface area contributed by atoms with Gasteiger partial charge in [-0.3, -0.25) is 0 Å². The van der Waals surface area contributed by atoms with Crippen molar-refractivity contribution in [3.8, 4) is 5.75 Å². The average molecular weight is 473 g/mol. The number of morpholine rings is 1. The van der Waals surface area contributed by atoms with Gasteiger partial charge in [0, 0.05) is 16.7 Å². The highest BCUT2D eigenvalue weighted by atomic mass is 127. The molecule has 8 heteroatoms. The normalized spacial score (nSPS) is 15.7. The zero-order valence-corrected chi connectivity index (χ0v) is 16.2. The van der Waals surface area contributed by atoms with Crippen LogP contribution < -0.4 is 4.74 Å². The maximum Gasteiger partial charge on any atom is 0.343 e. The molecule has 1 saturated heterocycles. The minimum Gasteiger partial charge on any atom is -0.423 e. The summed E-state index contributed by atoms with van der Waals surface area (Å²) in [5.41, 5.74) is 0.188. The molecule has 0 radical (unpaired) electrons. The third kappa shape index (κ3) is 4.38. The minimum atomic E-state index is -3.65. The predicted molar refractivity (Wildman–Crippen MR) is 100 cm³/mol. The van der Waals surface area contributed by atoms with Crippen molar-refractivity contribution in [2.45, 2.75) is 4.90 Å². The van der Waals surface area contributed by atoms with Gasteiger partial charge >= 0.3 is 5.97 Å². The SMILES string of the molecule is O=C(Oc1ccc(I)cc1)c1cccc(S(=O)(=O)N2CCOCC2)c1. The molecule has 1 fully saturated rings. The average Bonchev–Trinajstić information content (AvgIpc) is 2.64. The van der Waals surface area contributed by atoms with Crippen LogP contribution in [0.1, 0.15) is 10.4 Å². The van der Waals surface area contributed by atoms with E-state index < -0.39 is 16.0 Å². The molecule has 2 aromatic rings. The van der Waals surface area contributed by atoms with Crippen molar-refractivity contribution in [2.75, 3.05) is 26.3 Å². The fraction of sp³-hybridized carbons (Fsp3) is 0.235. The number of carbonyl (C=O) groups excluding carboxylic acids is 1. The van der Waals surface area contributed by atoms with Crippen LogP contribution in [0.15, 0.2) is 53.4 Å². The van der Waals surface area contributed by atoms with Gasteiger partial charge in [-0.05, 0) is 65.1 Å². The molecule has 0 N–H and O–H groups in total. The lowest BCUT2D eigenvalue weighted by Crippen LogP contribution is -2.40. The first-order valence-corrected chi connectivity index (χ1v) is 10.1. The lowest BCUT2D eigenvalue weighted by molar-refractivity contribution is 0.0727. The summed E-state index contributed by atoms with van der Waals surface area (Å²) < 4.78 is 38.2. The Morgan fingerprint density at radius 1 is 1.08 bits per heavy atom. The highest BCUT2D eigenvalue weighted by Crippen LogP contribution is 2.20. The van der Waals surface area contributed by atoms with Gasteiger partial charge in [-0.25, -0.2) is 13.2 Å². The molecule has 132 valence electrons. The Bertz CT molecular complexity index is 861. The second-order valence-corrected chi connectivity index (χ2v) is 8.57. The smallest absolute Gasteiger partial charge is 0.343 e. The summed E-state index contributed by atoms with van der Waals surface area (Å²) in [6, 6.07) is 12.9. The van der Waals surface area contributed by atoms with Crippen molar-refractivity contribution in [2.24, 2.45) is 0 Å². The molecule has 6 nitrogen and oxygen atoms in total. The molecule has 0 aliphatic carbocycles. The largest absolute Gasteiger partial charge is 0.423 e. The second-order valence-electron chi connectivity index (χ2n) is 5.39. The van der Waals surface area contributed by atoms with Gasteiger partial charge in [0.05, 0.1) is 23.7 Å². The van der Waals surface area contributed by atoms with Crippen molar-refractivity contribution in [3.63, 3.8) is 0 Å². The Labute approximate surface area is 159 Å². The summed E-state index contributed by atoms with van der Waals surface area (Å²) in [5.74, 6) is -0.188. The van der Waals surface area contributed by atoms with Crippen molar-refractivity contribution in [3.05, 3.63) is 57.7 Å². The Hall–Kier alpha value is -1.49. The van der Waals surface area contributed by atoms with Crippen LogP contribution in [0.3, 0.4) is 0 Å². The van der Waals surface area contributed by atoms with Gasteiger partial charge in [-0.15, -0.1) is 0 Å². The van der Waals surface area contributed by atoms with Crippen LogP contribution in [0.2, 0.25) is 0 Å². The van der Waals surface area contributed by atoms with Gasteiger partial charge in [-0.2, -0.15) is 4.31 Å². The molecule has 0 amide bonds. The summed E-state index contributed by atoms with van der Waals surface area (Å²) in [6.07, 6.45) is 0. The summed E-state index contributed by atoms with van der Waals surface area (Å²) in [6.45, 7) is 1.35. The zero-order chi connectivity index (χ0) is 17.9. The van der Waals surface area contributed by atoms with Crippen molar-refractivity contribution in [1.29, 1.82) is 0 Å². The van der Waals surface area contributed by atoms with Crippen LogP contribution in [0.5, 0.6) is 5.75 Å². The summed E-state index contributed by atoms with van der Waals surface area (Å²) in [5, 5.41) is 0. The van der Waals surface area contributed by atoms with Crippen LogP contribution in [-0.2, 0) is 14.8 Å². The van der Waals surface area contributed by atoms with Crippen LogP contribution >= 0.6 is 22.6 Å². The number of nitrogens with zero attached hydrogens (tertiary/aromatic N) is 1. The topological polar surface area (TPSA) is 72.9 Å². The molecular weight excluding hydrogens is 457 g/mol. The van der Waals surface area contributed by atoms with Crippen molar-refractivity contribution in [1.82, 2.24) is 4.31 Å². The predicted octanol–water partition coefficient (Wildman–Crippen LogP) is 2.53. The zero-order valence-electron chi connectivity index (χ0n) is 13.2. The Balaban J connectivity index is 1.80. The number of hydrogen-bond donors (Lipinski definition) is 0. The van der Waals surface area contributed by atoms with Crippen LogP contribution in [0, 0.1) is 3.57 Å². The molecule has 25 heavy (non-hydrogen) atoms. The van der Waals surface area contributed by atoms with Gasteiger partial charge in [0.15, 0.2) is 0 Å². The number of rotatable bonds is 4. The number of esters is 1. The maximum absolute atomic E-state index is 12.7. The Morgan fingerprint density at radius 3 is 2.44 bits per heavy atom. The van der Waals surface area contributed by atoms with Gasteiger partial charge < -0.3 is 9.47 Å². The molecular formula is C17H16INO5S. The van der Waals surface area contributed by atoms with E-state index in [1.54, 1.807) is 12.1 Å². The summed E-state index contributed by atoms with van der Waals surface area (Å²) in [4.78, 5) is 12.4. The van der Waals surface area contributed by atoms with Gasteiger partial charge in [-0.1, -0.05) is 6.07 Å². The number of benzene rings is 2. The van der Waals surface area contributed by atoms with Crippen LogP contribution in [0.25, 0.3) is 0 Å². The first kappa shape index (κ1) is 18.3. The number of halogens is 1. The molecule has 1 heterocycles. The van der Waals surface area contributed by atoms with E-state index in [9.17, 15) is 13.2 Å². The fourth-order valence-corrected chi connectivity index (χ4v) is 4.20. The van der Waals surface area contributed by atoms with E-state index in [2.05, 4.69) is 22.6 Å². The highest BCUT2D eigenvalue weighted by molar-refractivity contribution is 14.1. The van der Waals surface area contributed by atoms with Gasteiger partial charge in [0.25, 0.3) is 0 Å². The molecule has 0 atom stereocenters. The van der Waals surface area contributed by atoms with E-state index in [-0.39, 0.29) is 10.5 Å². The molecule has 0 spiro atoms. The third-order valence-electron chi connectivity index (χ3n) is 3.70. The minimum absolute atomic E-state index is 0.0754. The first-order chi connectivity index (χ1) is 12.0. The van der Waals surface area contributed by atoms with E-state index >= 15 is 0 Å². The quantitative estimate of drug-likeness (QED) is 0.388. The summed E-state index contributed by atoms with van der Waals surface area (Å²) >= 11 is 2.16. The van der Waals surface area contributed by atoms with Crippen molar-refractivity contribution >= 4 is 38.6 Å². The fourth-order valence-electron chi connectivity index (χ4n) is 2.39. The van der Waals surface area contributed by atoms with E-state index in [0.29, 0.717) is 32.1 Å². The monoisotopic (exact) mass is 473 g/mol. The number of ether oxygens (including phenoxy) is 2. The lowest BCUT2D eigenvalue weighted by Gasteiger charge is -2.26. The van der Waals surface area contributed by atoms with Gasteiger partial charge in [0.1, 0.15) is 5.75 Å². The number of sulfonamides is 1. The second kappa shape index (κ2) is 7.81. The van der Waals surface area contributed by atoms with Gasteiger partial charge in [0.2, 0.25) is 10.0 Å². The molecule has 0 saturated carbocycles. The molecule has 0 bridgehead atoms. The van der Waals surface area contributed by atoms with E-state index in [1.165, 1.54) is 28.6 Å². The van der Waals surface area contributed by atoms with E-state index in [4.69, 9.17) is 9.47 Å².